The highest BCUT2D eigenvalue weighted by atomic mass is 79.9. The Bertz CT molecular complexity index is 582. The molecule has 1 saturated heterocycles. The monoisotopic (exact) mass is 340 g/mol. The molecule has 0 aromatic heterocycles. The Hall–Kier alpha value is -1.82. The molecule has 1 aliphatic rings. The SMILES string of the molecule is COc1ccc(C=C2C(=O)OC(C)(C)OC2=O)cc1Br. The van der Waals surface area contributed by atoms with Crippen LogP contribution in [0.3, 0.4) is 0 Å². The van der Waals surface area contributed by atoms with Crippen molar-refractivity contribution in [3.63, 3.8) is 0 Å². The van der Waals surface area contributed by atoms with Crippen molar-refractivity contribution in [1.29, 1.82) is 0 Å². The van der Waals surface area contributed by atoms with Gasteiger partial charge in [0.1, 0.15) is 11.3 Å². The van der Waals surface area contributed by atoms with Gasteiger partial charge in [-0.1, -0.05) is 6.07 Å². The fraction of sp³-hybridized carbons (Fsp3) is 0.286. The van der Waals surface area contributed by atoms with E-state index in [2.05, 4.69) is 15.9 Å². The van der Waals surface area contributed by atoms with Crippen LogP contribution in [0.1, 0.15) is 19.4 Å². The minimum absolute atomic E-state index is 0.138. The summed E-state index contributed by atoms with van der Waals surface area (Å²) >= 11 is 3.33. The molecule has 0 atom stereocenters. The van der Waals surface area contributed by atoms with Crippen LogP contribution >= 0.6 is 15.9 Å². The van der Waals surface area contributed by atoms with Crippen LogP contribution in [0.25, 0.3) is 6.08 Å². The smallest absolute Gasteiger partial charge is 0.348 e. The number of hydrogen-bond donors (Lipinski definition) is 0. The zero-order chi connectivity index (χ0) is 14.9. The van der Waals surface area contributed by atoms with Gasteiger partial charge in [0.15, 0.2) is 0 Å². The van der Waals surface area contributed by atoms with Gasteiger partial charge in [-0.3, -0.25) is 0 Å². The second kappa shape index (κ2) is 5.28. The van der Waals surface area contributed by atoms with Crippen LogP contribution in [-0.4, -0.2) is 24.8 Å². The summed E-state index contributed by atoms with van der Waals surface area (Å²) in [6.45, 7) is 3.01. The lowest BCUT2D eigenvalue weighted by Crippen LogP contribution is -2.41. The molecule has 2 rings (SSSR count). The summed E-state index contributed by atoms with van der Waals surface area (Å²) in [5, 5.41) is 0. The fourth-order valence-corrected chi connectivity index (χ4v) is 2.28. The highest BCUT2D eigenvalue weighted by molar-refractivity contribution is 9.10. The lowest BCUT2D eigenvalue weighted by Gasteiger charge is -2.29. The topological polar surface area (TPSA) is 61.8 Å². The molecule has 0 spiro atoms. The van der Waals surface area contributed by atoms with Crippen LogP contribution in [0, 0.1) is 0 Å². The second-order valence-corrected chi connectivity index (χ2v) is 5.49. The summed E-state index contributed by atoms with van der Waals surface area (Å²) < 4.78 is 15.9. The quantitative estimate of drug-likeness (QED) is 0.470. The molecule has 0 unspecified atom stereocenters. The normalized spacial score (nSPS) is 17.3. The number of hydrogen-bond acceptors (Lipinski definition) is 5. The molecule has 1 aliphatic heterocycles. The number of halogens is 1. The zero-order valence-corrected chi connectivity index (χ0v) is 12.8. The number of carbonyl (C=O) groups is 2. The largest absolute Gasteiger partial charge is 0.496 e. The molecule has 0 saturated carbocycles. The van der Waals surface area contributed by atoms with Gasteiger partial charge in [-0.15, -0.1) is 0 Å². The highest BCUT2D eigenvalue weighted by Crippen LogP contribution is 2.28. The van der Waals surface area contributed by atoms with E-state index in [-0.39, 0.29) is 5.57 Å². The van der Waals surface area contributed by atoms with Crippen molar-refractivity contribution < 1.29 is 23.8 Å². The molecule has 20 heavy (non-hydrogen) atoms. The Balaban J connectivity index is 2.33. The summed E-state index contributed by atoms with van der Waals surface area (Å²) in [7, 11) is 1.55. The van der Waals surface area contributed by atoms with E-state index in [9.17, 15) is 9.59 Å². The Morgan fingerprint density at radius 3 is 2.30 bits per heavy atom. The standard InChI is InChI=1S/C14H13BrO5/c1-14(2)19-12(16)9(13(17)20-14)6-8-4-5-11(18-3)10(15)7-8/h4-7H,1-3H3. The first-order valence-electron chi connectivity index (χ1n) is 5.84. The van der Waals surface area contributed by atoms with Crippen LogP contribution in [0.2, 0.25) is 0 Å². The van der Waals surface area contributed by atoms with E-state index in [1.54, 1.807) is 25.3 Å². The first kappa shape index (κ1) is 14.6. The number of cyclic esters (lactones) is 2. The fourth-order valence-electron chi connectivity index (χ4n) is 1.72. The second-order valence-electron chi connectivity index (χ2n) is 4.63. The van der Waals surface area contributed by atoms with E-state index >= 15 is 0 Å². The van der Waals surface area contributed by atoms with Gasteiger partial charge in [-0.05, 0) is 39.7 Å². The maximum atomic E-state index is 11.8. The van der Waals surface area contributed by atoms with Gasteiger partial charge in [0.25, 0.3) is 5.79 Å². The Morgan fingerprint density at radius 2 is 1.80 bits per heavy atom. The van der Waals surface area contributed by atoms with Crippen molar-refractivity contribution in [3.8, 4) is 5.75 Å². The Labute approximate surface area is 124 Å². The van der Waals surface area contributed by atoms with Crippen molar-refractivity contribution in [3.05, 3.63) is 33.8 Å². The van der Waals surface area contributed by atoms with Crippen molar-refractivity contribution in [1.82, 2.24) is 0 Å². The Morgan fingerprint density at radius 1 is 1.20 bits per heavy atom. The van der Waals surface area contributed by atoms with Gasteiger partial charge in [0.05, 0.1) is 11.6 Å². The molecule has 0 radical (unpaired) electrons. The number of esters is 2. The summed E-state index contributed by atoms with van der Waals surface area (Å²) in [6.07, 6.45) is 1.42. The summed E-state index contributed by atoms with van der Waals surface area (Å²) in [5.41, 5.74) is 0.516. The summed E-state index contributed by atoms with van der Waals surface area (Å²) in [4.78, 5) is 23.6. The number of carbonyl (C=O) groups excluding carboxylic acids is 2. The predicted molar refractivity (Wildman–Crippen MR) is 74.9 cm³/mol. The third-order valence-corrected chi connectivity index (χ3v) is 3.22. The number of benzene rings is 1. The molecular weight excluding hydrogens is 328 g/mol. The van der Waals surface area contributed by atoms with Gasteiger partial charge < -0.3 is 14.2 Å². The lowest BCUT2D eigenvalue weighted by atomic mass is 10.1. The zero-order valence-electron chi connectivity index (χ0n) is 11.2. The molecule has 0 N–H and O–H groups in total. The van der Waals surface area contributed by atoms with Crippen LogP contribution in [0.15, 0.2) is 28.2 Å². The number of rotatable bonds is 2. The molecule has 0 amide bonds. The molecule has 1 aromatic rings. The summed E-state index contributed by atoms with van der Waals surface area (Å²) in [5.74, 6) is -1.97. The maximum absolute atomic E-state index is 11.8. The molecule has 1 fully saturated rings. The van der Waals surface area contributed by atoms with E-state index in [1.165, 1.54) is 19.9 Å². The third-order valence-electron chi connectivity index (χ3n) is 2.60. The van der Waals surface area contributed by atoms with E-state index in [1.807, 2.05) is 0 Å². The minimum Gasteiger partial charge on any atom is -0.496 e. The van der Waals surface area contributed by atoms with Gasteiger partial charge in [-0.25, -0.2) is 9.59 Å². The molecule has 1 aromatic carbocycles. The van der Waals surface area contributed by atoms with E-state index in [0.717, 1.165) is 0 Å². The van der Waals surface area contributed by atoms with Gasteiger partial charge in [-0.2, -0.15) is 0 Å². The average molecular weight is 341 g/mol. The van der Waals surface area contributed by atoms with E-state index in [0.29, 0.717) is 15.8 Å². The first-order chi connectivity index (χ1) is 9.32. The molecule has 1 heterocycles. The molecular formula is C14H13BrO5. The number of ether oxygens (including phenoxy) is 3. The summed E-state index contributed by atoms with van der Waals surface area (Å²) in [6, 6.07) is 5.17. The molecule has 106 valence electrons. The van der Waals surface area contributed by atoms with Crippen LogP contribution in [-0.2, 0) is 19.1 Å². The predicted octanol–water partition coefficient (Wildman–Crippen LogP) is 2.68. The maximum Gasteiger partial charge on any atom is 0.348 e. The van der Waals surface area contributed by atoms with Crippen molar-refractivity contribution in [2.24, 2.45) is 0 Å². The van der Waals surface area contributed by atoms with Crippen molar-refractivity contribution >= 4 is 33.9 Å². The average Bonchev–Trinajstić information content (AvgIpc) is 2.33. The first-order valence-corrected chi connectivity index (χ1v) is 6.63. The molecule has 0 bridgehead atoms. The van der Waals surface area contributed by atoms with E-state index in [4.69, 9.17) is 14.2 Å². The molecule has 6 heteroatoms. The van der Waals surface area contributed by atoms with Gasteiger partial charge in [0.2, 0.25) is 0 Å². The van der Waals surface area contributed by atoms with Crippen LogP contribution < -0.4 is 4.74 Å². The molecule has 0 aliphatic carbocycles. The van der Waals surface area contributed by atoms with Gasteiger partial charge in [0, 0.05) is 13.8 Å². The van der Waals surface area contributed by atoms with Gasteiger partial charge >= 0.3 is 11.9 Å². The van der Waals surface area contributed by atoms with Crippen LogP contribution in [0.5, 0.6) is 5.75 Å². The highest BCUT2D eigenvalue weighted by Gasteiger charge is 2.38. The van der Waals surface area contributed by atoms with Crippen molar-refractivity contribution in [2.45, 2.75) is 19.6 Å². The Kier molecular flexibility index (Phi) is 3.85. The molecule has 5 nitrogen and oxygen atoms in total. The number of methoxy groups -OCH3 is 1. The minimum atomic E-state index is -1.23. The van der Waals surface area contributed by atoms with Crippen molar-refractivity contribution in [2.75, 3.05) is 7.11 Å². The third kappa shape index (κ3) is 3.01. The van der Waals surface area contributed by atoms with E-state index < -0.39 is 17.7 Å². The lowest BCUT2D eigenvalue weighted by molar-refractivity contribution is -0.222. The van der Waals surface area contributed by atoms with Crippen LogP contribution in [0.4, 0.5) is 0 Å².